The number of nitrogens with one attached hydrogen (secondary N) is 2. The van der Waals surface area contributed by atoms with Crippen LogP contribution < -0.4 is 14.9 Å². The molecule has 0 aliphatic carbocycles. The van der Waals surface area contributed by atoms with Crippen LogP contribution in [0.2, 0.25) is 0 Å². The van der Waals surface area contributed by atoms with Crippen LogP contribution in [0.3, 0.4) is 0 Å². The number of nitrogens with zero attached hydrogens (tertiary/aromatic N) is 2. The highest BCUT2D eigenvalue weighted by Crippen LogP contribution is 2.28. The topological polar surface area (TPSA) is 139 Å². The predicted molar refractivity (Wildman–Crippen MR) is 104 cm³/mol. The van der Waals surface area contributed by atoms with Gasteiger partial charge < -0.3 is 15.2 Å². The number of carbonyl (C=O) groups excluding carboxylic acids is 3. The molecule has 0 radical (unpaired) electrons. The summed E-state index contributed by atoms with van der Waals surface area (Å²) < 4.78 is 29.9. The van der Waals surface area contributed by atoms with E-state index in [1.807, 2.05) is 0 Å². The minimum atomic E-state index is -3.71. The molecule has 154 valence electrons. The fraction of sp³-hybridized carbons (Fsp3) is 0.333. The molecule has 2 N–H and O–H groups in total. The van der Waals surface area contributed by atoms with Crippen molar-refractivity contribution in [2.45, 2.75) is 26.8 Å². The number of benzene rings is 1. The zero-order valence-corrected chi connectivity index (χ0v) is 16.8. The molecule has 1 aliphatic rings. The average molecular weight is 420 g/mol. The van der Waals surface area contributed by atoms with Gasteiger partial charge in [0, 0.05) is 11.6 Å². The second kappa shape index (κ2) is 7.66. The van der Waals surface area contributed by atoms with Crippen LogP contribution in [-0.4, -0.2) is 43.1 Å². The second-order valence-electron chi connectivity index (χ2n) is 6.84. The van der Waals surface area contributed by atoms with Gasteiger partial charge in [0.1, 0.15) is 11.8 Å². The lowest BCUT2D eigenvalue weighted by molar-refractivity contribution is -0.119. The highest BCUT2D eigenvalue weighted by Gasteiger charge is 2.41. The van der Waals surface area contributed by atoms with Crippen LogP contribution >= 0.6 is 0 Å². The van der Waals surface area contributed by atoms with Gasteiger partial charge in [0.05, 0.1) is 17.4 Å². The number of carbonyl (C=O) groups is 3. The van der Waals surface area contributed by atoms with Crippen molar-refractivity contribution in [3.05, 3.63) is 41.7 Å². The first-order valence-electron chi connectivity index (χ1n) is 8.80. The fourth-order valence-electron chi connectivity index (χ4n) is 2.84. The van der Waals surface area contributed by atoms with Crippen LogP contribution in [0.25, 0.3) is 0 Å². The Balaban J connectivity index is 1.66. The Bertz CT molecular complexity index is 1060. The van der Waals surface area contributed by atoms with Gasteiger partial charge in [-0.25, -0.2) is 12.7 Å². The van der Waals surface area contributed by atoms with E-state index in [0.717, 1.165) is 4.31 Å². The molecule has 2 heterocycles. The molecule has 11 heteroatoms. The SMILES string of the molecule is Cc1cc(NC(=O)[C@H](C)NC(=O)c2ccc(N3C(=O)C(C)CS3(=O)=O)cc2)no1. The van der Waals surface area contributed by atoms with Gasteiger partial charge in [-0.15, -0.1) is 0 Å². The standard InChI is InChI=1S/C18H20N4O6S/c1-10-9-29(26,27)22(18(10)25)14-6-4-13(5-7-14)17(24)19-12(3)16(23)20-15-8-11(2)28-21-15/h4-8,10,12H,9H2,1-3H3,(H,19,24)(H,20,21,23)/t10?,12-/m0/s1. The summed E-state index contributed by atoms with van der Waals surface area (Å²) in [6, 6.07) is 6.22. The van der Waals surface area contributed by atoms with Gasteiger partial charge >= 0.3 is 0 Å². The summed E-state index contributed by atoms with van der Waals surface area (Å²) in [4.78, 5) is 36.6. The second-order valence-corrected chi connectivity index (χ2v) is 8.70. The summed E-state index contributed by atoms with van der Waals surface area (Å²) in [5, 5.41) is 8.70. The zero-order chi connectivity index (χ0) is 21.3. The van der Waals surface area contributed by atoms with Crippen molar-refractivity contribution in [3.63, 3.8) is 0 Å². The average Bonchev–Trinajstić information content (AvgIpc) is 3.14. The monoisotopic (exact) mass is 420 g/mol. The molecule has 29 heavy (non-hydrogen) atoms. The molecule has 1 fully saturated rings. The molecule has 1 saturated heterocycles. The molecular formula is C18H20N4O6S. The normalized spacial score (nSPS) is 19.1. The molecule has 1 aromatic heterocycles. The van der Waals surface area contributed by atoms with Crippen molar-refractivity contribution in [2.24, 2.45) is 5.92 Å². The van der Waals surface area contributed by atoms with Crippen LogP contribution in [0.5, 0.6) is 0 Å². The van der Waals surface area contributed by atoms with Crippen LogP contribution in [-0.2, 0) is 19.6 Å². The van der Waals surface area contributed by atoms with Crippen molar-refractivity contribution < 1.29 is 27.3 Å². The Morgan fingerprint density at radius 2 is 1.93 bits per heavy atom. The summed E-state index contributed by atoms with van der Waals surface area (Å²) >= 11 is 0. The van der Waals surface area contributed by atoms with Crippen molar-refractivity contribution in [2.75, 3.05) is 15.4 Å². The summed E-state index contributed by atoms with van der Waals surface area (Å²) in [5.41, 5.74) is 0.380. The van der Waals surface area contributed by atoms with Crippen LogP contribution in [0.15, 0.2) is 34.9 Å². The molecule has 2 aromatic rings. The van der Waals surface area contributed by atoms with Gasteiger partial charge in [0.25, 0.3) is 5.91 Å². The smallest absolute Gasteiger partial charge is 0.251 e. The van der Waals surface area contributed by atoms with Crippen LogP contribution in [0, 0.1) is 12.8 Å². The van der Waals surface area contributed by atoms with E-state index in [2.05, 4.69) is 15.8 Å². The molecule has 3 rings (SSSR count). The Labute approximate surface area is 167 Å². The van der Waals surface area contributed by atoms with Crippen molar-refractivity contribution in [1.29, 1.82) is 0 Å². The van der Waals surface area contributed by atoms with Crippen molar-refractivity contribution >= 4 is 39.3 Å². The maximum Gasteiger partial charge on any atom is 0.251 e. The molecule has 0 saturated carbocycles. The van der Waals surface area contributed by atoms with Crippen molar-refractivity contribution in [3.8, 4) is 0 Å². The molecule has 0 spiro atoms. The number of hydrogen-bond donors (Lipinski definition) is 2. The summed E-state index contributed by atoms with van der Waals surface area (Å²) in [6.45, 7) is 4.74. The number of amides is 3. The lowest BCUT2D eigenvalue weighted by atomic mass is 10.1. The molecule has 0 bridgehead atoms. The van der Waals surface area contributed by atoms with Crippen LogP contribution in [0.4, 0.5) is 11.5 Å². The number of anilines is 2. The minimum absolute atomic E-state index is 0.170. The first kappa shape index (κ1) is 20.5. The quantitative estimate of drug-likeness (QED) is 0.737. The minimum Gasteiger partial charge on any atom is -0.360 e. The molecular weight excluding hydrogens is 400 g/mol. The Morgan fingerprint density at radius 1 is 1.28 bits per heavy atom. The third kappa shape index (κ3) is 4.29. The first-order chi connectivity index (χ1) is 13.6. The zero-order valence-electron chi connectivity index (χ0n) is 16.0. The Morgan fingerprint density at radius 3 is 2.45 bits per heavy atom. The number of hydrogen-bond acceptors (Lipinski definition) is 7. The van der Waals surface area contributed by atoms with E-state index < -0.39 is 39.7 Å². The molecule has 1 aromatic carbocycles. The van der Waals surface area contributed by atoms with Gasteiger partial charge in [-0.3, -0.25) is 14.4 Å². The van der Waals surface area contributed by atoms with E-state index in [1.54, 1.807) is 19.9 Å². The number of aromatic nitrogens is 1. The summed E-state index contributed by atoms with van der Waals surface area (Å²) in [5.74, 6) is -1.60. The Hall–Kier alpha value is -3.21. The van der Waals surface area contributed by atoms with E-state index in [1.165, 1.54) is 31.2 Å². The van der Waals surface area contributed by atoms with E-state index >= 15 is 0 Å². The van der Waals surface area contributed by atoms with E-state index in [9.17, 15) is 22.8 Å². The maximum absolute atomic E-state index is 12.4. The van der Waals surface area contributed by atoms with Crippen molar-refractivity contribution in [1.82, 2.24) is 10.5 Å². The maximum atomic E-state index is 12.4. The van der Waals surface area contributed by atoms with Gasteiger partial charge in [0.15, 0.2) is 5.82 Å². The van der Waals surface area contributed by atoms with Crippen LogP contribution in [0.1, 0.15) is 30.0 Å². The highest BCUT2D eigenvalue weighted by atomic mass is 32.2. The Kier molecular flexibility index (Phi) is 5.42. The fourth-order valence-corrected chi connectivity index (χ4v) is 4.66. The van der Waals surface area contributed by atoms with Gasteiger partial charge in [-0.2, -0.15) is 0 Å². The molecule has 10 nitrogen and oxygen atoms in total. The van der Waals surface area contributed by atoms with E-state index in [0.29, 0.717) is 5.76 Å². The summed E-state index contributed by atoms with van der Waals surface area (Å²) in [6.07, 6.45) is 0. The van der Waals surface area contributed by atoms with E-state index in [-0.39, 0.29) is 22.8 Å². The third-order valence-corrected chi connectivity index (χ3v) is 6.21. The molecule has 1 aliphatic heterocycles. The predicted octanol–water partition coefficient (Wildman–Crippen LogP) is 1.05. The lowest BCUT2D eigenvalue weighted by Crippen LogP contribution is -2.41. The molecule has 1 unspecified atom stereocenters. The highest BCUT2D eigenvalue weighted by molar-refractivity contribution is 7.94. The molecule has 2 atom stereocenters. The number of aryl methyl sites for hydroxylation is 1. The van der Waals surface area contributed by atoms with Gasteiger partial charge in [0.2, 0.25) is 21.8 Å². The summed E-state index contributed by atoms with van der Waals surface area (Å²) in [7, 11) is -3.71. The number of sulfonamides is 1. The van der Waals surface area contributed by atoms with Gasteiger partial charge in [-0.1, -0.05) is 12.1 Å². The lowest BCUT2D eigenvalue weighted by Gasteiger charge is -2.16. The first-order valence-corrected chi connectivity index (χ1v) is 10.4. The van der Waals surface area contributed by atoms with Gasteiger partial charge in [-0.05, 0) is 38.1 Å². The van der Waals surface area contributed by atoms with E-state index in [4.69, 9.17) is 4.52 Å². The number of rotatable bonds is 5. The largest absolute Gasteiger partial charge is 0.360 e. The third-order valence-electron chi connectivity index (χ3n) is 4.34. The molecule has 3 amide bonds.